The van der Waals surface area contributed by atoms with Crippen molar-refractivity contribution in [2.24, 2.45) is 0 Å². The summed E-state index contributed by atoms with van der Waals surface area (Å²) in [5, 5.41) is 4.08. The van der Waals surface area contributed by atoms with Gasteiger partial charge in [0.15, 0.2) is 0 Å². The highest BCUT2D eigenvalue weighted by Gasteiger charge is 2.23. The van der Waals surface area contributed by atoms with Gasteiger partial charge in [-0.25, -0.2) is 4.39 Å². The van der Waals surface area contributed by atoms with Gasteiger partial charge in [-0.3, -0.25) is 4.79 Å². The number of rotatable bonds is 6. The summed E-state index contributed by atoms with van der Waals surface area (Å²) in [6.07, 6.45) is 0.690. The summed E-state index contributed by atoms with van der Waals surface area (Å²) in [6, 6.07) is 24.9. The zero-order valence-corrected chi connectivity index (χ0v) is 18.7. The summed E-state index contributed by atoms with van der Waals surface area (Å²) in [7, 11) is 0. The van der Waals surface area contributed by atoms with Gasteiger partial charge < -0.3 is 14.3 Å². The van der Waals surface area contributed by atoms with E-state index in [0.717, 1.165) is 16.7 Å². The van der Waals surface area contributed by atoms with Crippen LogP contribution >= 0.6 is 0 Å². The van der Waals surface area contributed by atoms with Gasteiger partial charge in [0.25, 0.3) is 0 Å². The molecule has 3 aromatic carbocycles. The molecule has 1 amide bonds. The Morgan fingerprint density at radius 3 is 2.21 bits per heavy atom. The van der Waals surface area contributed by atoms with Crippen LogP contribution in [0.2, 0.25) is 0 Å². The minimum absolute atomic E-state index is 0.0418. The summed E-state index contributed by atoms with van der Waals surface area (Å²) in [5.74, 6) is 0.769. The number of piperazine rings is 1. The first-order valence-corrected chi connectivity index (χ1v) is 11.4. The summed E-state index contributed by atoms with van der Waals surface area (Å²) in [4.78, 5) is 20.9. The molecule has 7 heteroatoms. The van der Waals surface area contributed by atoms with E-state index < -0.39 is 0 Å². The number of amides is 1. The number of aryl methyl sites for hydroxylation is 1. The Labute approximate surface area is 197 Å². The Morgan fingerprint density at radius 2 is 1.47 bits per heavy atom. The number of carbonyl (C=O) groups is 1. The van der Waals surface area contributed by atoms with E-state index in [1.165, 1.54) is 6.07 Å². The predicted octanol–water partition coefficient (Wildman–Crippen LogP) is 4.82. The van der Waals surface area contributed by atoms with Crippen molar-refractivity contribution in [3.05, 3.63) is 90.6 Å². The topological polar surface area (TPSA) is 62.5 Å². The molecule has 2 heterocycles. The van der Waals surface area contributed by atoms with Gasteiger partial charge in [-0.15, -0.1) is 0 Å². The lowest BCUT2D eigenvalue weighted by atomic mass is 10.0. The quantitative estimate of drug-likeness (QED) is 0.416. The third kappa shape index (κ3) is 4.83. The fourth-order valence-electron chi connectivity index (χ4n) is 4.19. The van der Waals surface area contributed by atoms with Crippen LogP contribution < -0.4 is 4.90 Å². The SMILES string of the molecule is O=C(CCc1nc(-c2ccc(-c3ccccc3)cc2)no1)N1CCN(c2ccccc2F)CC1. The minimum Gasteiger partial charge on any atom is -0.366 e. The zero-order valence-electron chi connectivity index (χ0n) is 18.7. The van der Waals surface area contributed by atoms with E-state index in [-0.39, 0.29) is 11.7 Å². The van der Waals surface area contributed by atoms with Crippen LogP contribution in [0.15, 0.2) is 83.4 Å². The van der Waals surface area contributed by atoms with E-state index in [4.69, 9.17) is 4.52 Å². The molecule has 0 aliphatic carbocycles. The normalized spacial score (nSPS) is 13.8. The molecule has 1 aliphatic rings. The highest BCUT2D eigenvalue weighted by Crippen LogP contribution is 2.24. The molecule has 0 unspecified atom stereocenters. The average Bonchev–Trinajstić information content (AvgIpc) is 3.37. The van der Waals surface area contributed by atoms with Crippen molar-refractivity contribution in [3.8, 4) is 22.5 Å². The maximum atomic E-state index is 14.0. The molecule has 0 N–H and O–H groups in total. The summed E-state index contributed by atoms with van der Waals surface area (Å²) in [6.45, 7) is 2.35. The van der Waals surface area contributed by atoms with E-state index in [1.54, 1.807) is 12.1 Å². The first-order valence-electron chi connectivity index (χ1n) is 11.4. The van der Waals surface area contributed by atoms with Gasteiger partial charge in [0.1, 0.15) is 5.82 Å². The monoisotopic (exact) mass is 456 g/mol. The van der Waals surface area contributed by atoms with Crippen LogP contribution in [0.4, 0.5) is 10.1 Å². The van der Waals surface area contributed by atoms with Gasteiger partial charge in [-0.2, -0.15) is 4.98 Å². The van der Waals surface area contributed by atoms with E-state index in [0.29, 0.717) is 56.4 Å². The van der Waals surface area contributed by atoms with Crippen LogP contribution in [-0.4, -0.2) is 47.1 Å². The van der Waals surface area contributed by atoms with E-state index in [9.17, 15) is 9.18 Å². The molecule has 0 atom stereocenters. The number of carbonyl (C=O) groups excluding carboxylic acids is 1. The molecule has 0 bridgehead atoms. The molecule has 4 aromatic rings. The number of hydrogen-bond donors (Lipinski definition) is 0. The number of para-hydroxylation sites is 1. The summed E-state index contributed by atoms with van der Waals surface area (Å²) in [5.41, 5.74) is 3.72. The molecule has 172 valence electrons. The average molecular weight is 457 g/mol. The molecule has 0 radical (unpaired) electrons. The molecule has 1 fully saturated rings. The lowest BCUT2D eigenvalue weighted by Crippen LogP contribution is -2.49. The lowest BCUT2D eigenvalue weighted by molar-refractivity contribution is -0.131. The van der Waals surface area contributed by atoms with Crippen molar-refractivity contribution in [2.45, 2.75) is 12.8 Å². The molecule has 1 saturated heterocycles. The van der Waals surface area contributed by atoms with Crippen molar-refractivity contribution < 1.29 is 13.7 Å². The summed E-state index contributed by atoms with van der Waals surface area (Å²) >= 11 is 0. The van der Waals surface area contributed by atoms with Gasteiger partial charge in [-0.1, -0.05) is 71.9 Å². The molecule has 0 spiro atoms. The Bertz CT molecular complexity index is 1250. The molecule has 6 nitrogen and oxygen atoms in total. The third-order valence-electron chi connectivity index (χ3n) is 6.10. The molecular formula is C27H25FN4O2. The van der Waals surface area contributed by atoms with Crippen LogP contribution in [0.25, 0.3) is 22.5 Å². The third-order valence-corrected chi connectivity index (χ3v) is 6.10. The number of anilines is 1. The van der Waals surface area contributed by atoms with Crippen LogP contribution in [-0.2, 0) is 11.2 Å². The Morgan fingerprint density at radius 1 is 0.824 bits per heavy atom. The van der Waals surface area contributed by atoms with Crippen LogP contribution in [0.1, 0.15) is 12.3 Å². The Hall–Kier alpha value is -4.00. The fraction of sp³-hybridized carbons (Fsp3) is 0.222. The van der Waals surface area contributed by atoms with Crippen LogP contribution in [0.3, 0.4) is 0 Å². The maximum Gasteiger partial charge on any atom is 0.227 e. The molecule has 0 saturated carbocycles. The number of nitrogens with zero attached hydrogens (tertiary/aromatic N) is 4. The van der Waals surface area contributed by atoms with Crippen molar-refractivity contribution in [1.82, 2.24) is 15.0 Å². The first kappa shape index (κ1) is 21.8. The highest BCUT2D eigenvalue weighted by atomic mass is 19.1. The van der Waals surface area contributed by atoms with Crippen molar-refractivity contribution in [3.63, 3.8) is 0 Å². The highest BCUT2D eigenvalue weighted by molar-refractivity contribution is 5.76. The van der Waals surface area contributed by atoms with Crippen LogP contribution in [0.5, 0.6) is 0 Å². The Kier molecular flexibility index (Phi) is 6.33. The lowest BCUT2D eigenvalue weighted by Gasteiger charge is -2.36. The van der Waals surface area contributed by atoms with Gasteiger partial charge in [0.05, 0.1) is 5.69 Å². The second-order valence-corrected chi connectivity index (χ2v) is 8.27. The Balaban J connectivity index is 1.14. The second kappa shape index (κ2) is 9.87. The van der Waals surface area contributed by atoms with Gasteiger partial charge in [0.2, 0.25) is 17.6 Å². The molecule has 1 aliphatic heterocycles. The number of aromatic nitrogens is 2. The molecule has 34 heavy (non-hydrogen) atoms. The van der Waals surface area contributed by atoms with Crippen LogP contribution in [0, 0.1) is 5.82 Å². The zero-order chi connectivity index (χ0) is 23.3. The second-order valence-electron chi connectivity index (χ2n) is 8.27. The van der Waals surface area contributed by atoms with Crippen molar-refractivity contribution in [2.75, 3.05) is 31.1 Å². The van der Waals surface area contributed by atoms with Gasteiger partial charge in [0, 0.05) is 44.6 Å². The number of halogens is 1. The molecule has 5 rings (SSSR count). The number of benzene rings is 3. The number of hydrogen-bond acceptors (Lipinski definition) is 5. The van der Waals surface area contributed by atoms with Crippen molar-refractivity contribution in [1.29, 1.82) is 0 Å². The minimum atomic E-state index is -0.232. The standard InChI is InChI=1S/C27H25FN4O2/c28-23-8-4-5-9-24(23)31-16-18-32(19-17-31)26(33)15-14-25-29-27(30-34-25)22-12-10-21(11-13-22)20-6-2-1-3-7-20/h1-13H,14-19H2. The van der Waals surface area contributed by atoms with Crippen molar-refractivity contribution >= 4 is 11.6 Å². The molecular weight excluding hydrogens is 431 g/mol. The molecule has 1 aromatic heterocycles. The van der Waals surface area contributed by atoms with E-state index in [2.05, 4.69) is 22.3 Å². The van der Waals surface area contributed by atoms with E-state index >= 15 is 0 Å². The fourth-order valence-corrected chi connectivity index (χ4v) is 4.19. The first-order chi connectivity index (χ1) is 16.7. The van der Waals surface area contributed by atoms with E-state index in [1.807, 2.05) is 58.3 Å². The van der Waals surface area contributed by atoms with Gasteiger partial charge >= 0.3 is 0 Å². The predicted molar refractivity (Wildman–Crippen MR) is 129 cm³/mol. The maximum absolute atomic E-state index is 14.0. The largest absolute Gasteiger partial charge is 0.366 e. The van der Waals surface area contributed by atoms with Gasteiger partial charge in [-0.05, 0) is 23.3 Å². The smallest absolute Gasteiger partial charge is 0.227 e. The summed E-state index contributed by atoms with van der Waals surface area (Å²) < 4.78 is 19.4.